The number of rotatable bonds is 5. The number of carbonyl (C=O) groups is 1. The Balaban J connectivity index is 1.83. The van der Waals surface area contributed by atoms with Crippen LogP contribution in [0.3, 0.4) is 0 Å². The van der Waals surface area contributed by atoms with Gasteiger partial charge in [0.2, 0.25) is 5.91 Å². The number of primary amides is 1. The molecule has 0 spiro atoms. The number of nitrogens with one attached hydrogen (secondary N) is 1. The van der Waals surface area contributed by atoms with Crippen LogP contribution in [0.5, 0.6) is 0 Å². The van der Waals surface area contributed by atoms with E-state index in [0.29, 0.717) is 5.56 Å². The maximum absolute atomic E-state index is 10.9. The van der Waals surface area contributed by atoms with Crippen LogP contribution in [0.25, 0.3) is 0 Å². The van der Waals surface area contributed by atoms with Gasteiger partial charge in [-0.05, 0) is 34.1 Å². The van der Waals surface area contributed by atoms with Gasteiger partial charge in [-0.3, -0.25) is 4.79 Å². The maximum atomic E-state index is 10.9. The Bertz CT molecular complexity index is 521. The molecule has 2 aromatic rings. The highest BCUT2D eigenvalue weighted by atomic mass is 79.9. The van der Waals surface area contributed by atoms with E-state index in [9.17, 15) is 4.79 Å². The molecular weight excluding hydrogens is 320 g/mol. The molecule has 0 bridgehead atoms. The maximum Gasteiger partial charge on any atom is 0.249 e. The Hall–Kier alpha value is -0.690. The first-order valence-corrected chi connectivity index (χ1v) is 7.46. The molecule has 0 aromatic carbocycles. The van der Waals surface area contributed by atoms with Crippen molar-refractivity contribution >= 4 is 44.5 Å². The molecule has 0 radical (unpaired) electrons. The quantitative estimate of drug-likeness (QED) is 0.885. The zero-order chi connectivity index (χ0) is 12.3. The van der Waals surface area contributed by atoms with Crippen molar-refractivity contribution in [1.29, 1.82) is 0 Å². The Morgan fingerprint density at radius 1 is 1.35 bits per heavy atom. The van der Waals surface area contributed by atoms with Crippen LogP contribution in [-0.2, 0) is 13.1 Å². The van der Waals surface area contributed by atoms with Crippen molar-refractivity contribution in [3.8, 4) is 0 Å². The highest BCUT2D eigenvalue weighted by Gasteiger charge is 2.04. The summed E-state index contributed by atoms with van der Waals surface area (Å²) in [4.78, 5) is 13.3. The van der Waals surface area contributed by atoms with Gasteiger partial charge in [0.05, 0.1) is 9.35 Å². The smallest absolute Gasteiger partial charge is 0.249 e. The highest BCUT2D eigenvalue weighted by Crippen LogP contribution is 2.22. The van der Waals surface area contributed by atoms with Gasteiger partial charge in [0.25, 0.3) is 0 Å². The highest BCUT2D eigenvalue weighted by molar-refractivity contribution is 9.11. The lowest BCUT2D eigenvalue weighted by Crippen LogP contribution is -2.11. The normalized spacial score (nSPS) is 10.6. The molecule has 6 heteroatoms. The van der Waals surface area contributed by atoms with E-state index in [2.05, 4.69) is 27.3 Å². The Labute approximate surface area is 116 Å². The molecule has 0 saturated carbocycles. The van der Waals surface area contributed by atoms with Crippen molar-refractivity contribution in [3.05, 3.63) is 42.7 Å². The first kappa shape index (κ1) is 12.8. The number of carbonyl (C=O) groups excluding carboxylic acids is 1. The minimum Gasteiger partial charge on any atom is -0.366 e. The second-order valence-corrected chi connectivity index (χ2v) is 7.02. The summed E-state index contributed by atoms with van der Waals surface area (Å²) in [6, 6.07) is 5.97. The van der Waals surface area contributed by atoms with Crippen LogP contribution in [0.15, 0.2) is 27.4 Å². The summed E-state index contributed by atoms with van der Waals surface area (Å²) in [5.41, 5.74) is 5.78. The van der Waals surface area contributed by atoms with Gasteiger partial charge in [0.15, 0.2) is 0 Å². The molecule has 17 heavy (non-hydrogen) atoms. The average Bonchev–Trinajstić information content (AvgIpc) is 2.88. The Kier molecular flexibility index (Phi) is 4.33. The third-order valence-electron chi connectivity index (χ3n) is 2.17. The van der Waals surface area contributed by atoms with E-state index in [1.807, 2.05) is 12.1 Å². The summed E-state index contributed by atoms with van der Waals surface area (Å²) < 4.78 is 1.14. The van der Waals surface area contributed by atoms with Gasteiger partial charge in [0, 0.05) is 28.2 Å². The van der Waals surface area contributed by atoms with Crippen LogP contribution < -0.4 is 11.1 Å². The third kappa shape index (κ3) is 3.64. The monoisotopic (exact) mass is 330 g/mol. The van der Waals surface area contributed by atoms with Crippen LogP contribution in [-0.4, -0.2) is 5.91 Å². The van der Waals surface area contributed by atoms with E-state index in [4.69, 9.17) is 5.73 Å². The van der Waals surface area contributed by atoms with Gasteiger partial charge in [-0.25, -0.2) is 0 Å². The number of amides is 1. The summed E-state index contributed by atoms with van der Waals surface area (Å²) in [6.45, 7) is 1.59. The van der Waals surface area contributed by atoms with E-state index in [0.717, 1.165) is 21.8 Å². The first-order chi connectivity index (χ1) is 8.15. The molecular formula is C11H11BrN2OS2. The minimum atomic E-state index is -0.366. The predicted molar refractivity (Wildman–Crippen MR) is 75.4 cm³/mol. The summed E-state index contributed by atoms with van der Waals surface area (Å²) in [5.74, 6) is -0.366. The van der Waals surface area contributed by atoms with Crippen molar-refractivity contribution in [2.45, 2.75) is 13.1 Å². The number of thiophene rings is 2. The molecule has 0 aliphatic carbocycles. The molecule has 90 valence electrons. The van der Waals surface area contributed by atoms with Crippen LogP contribution in [0, 0.1) is 0 Å². The Morgan fingerprint density at radius 2 is 2.12 bits per heavy atom. The molecule has 0 aliphatic rings. The number of hydrogen-bond donors (Lipinski definition) is 2. The number of halogens is 1. The minimum absolute atomic E-state index is 0.366. The van der Waals surface area contributed by atoms with Crippen LogP contribution in [0.1, 0.15) is 20.1 Å². The fourth-order valence-corrected chi connectivity index (χ4v) is 3.65. The molecule has 2 rings (SSSR count). The summed E-state index contributed by atoms with van der Waals surface area (Å²) in [6.07, 6.45) is 0. The number of hydrogen-bond acceptors (Lipinski definition) is 4. The van der Waals surface area contributed by atoms with E-state index < -0.39 is 0 Å². The van der Waals surface area contributed by atoms with Crippen LogP contribution in [0.2, 0.25) is 0 Å². The SMILES string of the molecule is NC(=O)c1csc(CNCc2ccc(Br)s2)c1. The molecule has 0 aliphatic heterocycles. The fourth-order valence-electron chi connectivity index (χ4n) is 1.36. The van der Waals surface area contributed by atoms with E-state index in [1.54, 1.807) is 28.1 Å². The van der Waals surface area contributed by atoms with Crippen molar-refractivity contribution in [3.63, 3.8) is 0 Å². The standard InChI is InChI=1S/C11H11BrN2OS2/c12-10-2-1-8(17-10)4-14-5-9-3-7(6-16-9)11(13)15/h1-3,6,14H,4-5H2,(H2,13,15). The van der Waals surface area contributed by atoms with E-state index >= 15 is 0 Å². The zero-order valence-electron chi connectivity index (χ0n) is 8.90. The summed E-state index contributed by atoms with van der Waals surface area (Å²) in [5, 5.41) is 5.12. The van der Waals surface area contributed by atoms with Crippen molar-refractivity contribution in [2.75, 3.05) is 0 Å². The van der Waals surface area contributed by atoms with Gasteiger partial charge in [-0.1, -0.05) is 0 Å². The van der Waals surface area contributed by atoms with Crippen molar-refractivity contribution < 1.29 is 4.79 Å². The Morgan fingerprint density at radius 3 is 2.71 bits per heavy atom. The van der Waals surface area contributed by atoms with Crippen molar-refractivity contribution in [1.82, 2.24) is 5.32 Å². The molecule has 0 fully saturated rings. The van der Waals surface area contributed by atoms with Gasteiger partial charge in [0.1, 0.15) is 0 Å². The summed E-state index contributed by atoms with van der Waals surface area (Å²) >= 11 is 6.70. The van der Waals surface area contributed by atoms with Gasteiger partial charge >= 0.3 is 0 Å². The molecule has 2 heterocycles. The second kappa shape index (κ2) is 5.77. The van der Waals surface area contributed by atoms with E-state index in [-0.39, 0.29) is 5.91 Å². The summed E-state index contributed by atoms with van der Waals surface area (Å²) in [7, 11) is 0. The van der Waals surface area contributed by atoms with Gasteiger partial charge < -0.3 is 11.1 Å². The first-order valence-electron chi connectivity index (χ1n) is 4.97. The lowest BCUT2D eigenvalue weighted by atomic mass is 10.3. The lowest BCUT2D eigenvalue weighted by Gasteiger charge is -1.99. The van der Waals surface area contributed by atoms with Gasteiger partial charge in [-0.2, -0.15) is 0 Å². The average molecular weight is 331 g/mol. The zero-order valence-corrected chi connectivity index (χ0v) is 12.1. The van der Waals surface area contributed by atoms with Crippen molar-refractivity contribution in [2.24, 2.45) is 5.73 Å². The van der Waals surface area contributed by atoms with Gasteiger partial charge in [-0.15, -0.1) is 22.7 Å². The predicted octanol–water partition coefficient (Wildman–Crippen LogP) is 2.96. The largest absolute Gasteiger partial charge is 0.366 e. The number of nitrogens with two attached hydrogens (primary N) is 1. The molecule has 3 N–H and O–H groups in total. The molecule has 0 atom stereocenters. The molecule has 1 amide bonds. The molecule has 2 aromatic heterocycles. The molecule has 3 nitrogen and oxygen atoms in total. The van der Waals surface area contributed by atoms with Crippen LogP contribution in [0.4, 0.5) is 0 Å². The fraction of sp³-hybridized carbons (Fsp3) is 0.182. The molecule has 0 saturated heterocycles. The molecule has 0 unspecified atom stereocenters. The lowest BCUT2D eigenvalue weighted by molar-refractivity contribution is 0.100. The topological polar surface area (TPSA) is 55.1 Å². The van der Waals surface area contributed by atoms with E-state index in [1.165, 1.54) is 4.88 Å². The third-order valence-corrected chi connectivity index (χ3v) is 4.73. The second-order valence-electron chi connectivity index (χ2n) is 3.48. The van der Waals surface area contributed by atoms with Crippen LogP contribution >= 0.6 is 38.6 Å².